The van der Waals surface area contributed by atoms with Gasteiger partial charge in [0.15, 0.2) is 12.4 Å². The molecule has 0 atom stereocenters. The second-order valence-electron chi connectivity index (χ2n) is 6.21. The normalized spacial score (nSPS) is 10.3. The summed E-state index contributed by atoms with van der Waals surface area (Å²) in [5.41, 5.74) is 1.22. The van der Waals surface area contributed by atoms with Crippen molar-refractivity contribution in [3.05, 3.63) is 95.8 Å². The molecule has 3 rings (SSSR count). The van der Waals surface area contributed by atoms with E-state index in [1.807, 2.05) is 0 Å². The molecule has 3 aromatic carbocycles. The van der Waals surface area contributed by atoms with E-state index in [4.69, 9.17) is 4.74 Å². The number of ether oxygens (including phenoxy) is 1. The number of hydrogen-bond acceptors (Lipinski definition) is 5. The Labute approximate surface area is 177 Å². The van der Waals surface area contributed by atoms with E-state index in [-0.39, 0.29) is 35.4 Å². The summed E-state index contributed by atoms with van der Waals surface area (Å²) in [5, 5.41) is 2.66. The van der Waals surface area contributed by atoms with Gasteiger partial charge in [-0.3, -0.25) is 9.59 Å². The van der Waals surface area contributed by atoms with Crippen molar-refractivity contribution in [2.75, 3.05) is 17.7 Å². The number of hydrogen-bond donors (Lipinski definition) is 1. The molecule has 0 aliphatic carbocycles. The van der Waals surface area contributed by atoms with Crippen molar-refractivity contribution in [2.45, 2.75) is 4.90 Å². The Balaban J connectivity index is 1.56. The molecule has 0 saturated carbocycles. The van der Waals surface area contributed by atoms with Crippen molar-refractivity contribution < 1.29 is 23.5 Å². The Bertz CT molecular complexity index is 1040. The number of carbonyl (C=O) groups excluding carboxylic acids is 3. The molecule has 0 spiro atoms. The highest BCUT2D eigenvalue weighted by atomic mass is 32.2. The van der Waals surface area contributed by atoms with Gasteiger partial charge in [-0.1, -0.05) is 42.5 Å². The lowest BCUT2D eigenvalue weighted by molar-refractivity contribution is -0.113. The minimum atomic E-state index is -0.638. The second-order valence-corrected chi connectivity index (χ2v) is 7.22. The van der Waals surface area contributed by atoms with Gasteiger partial charge < -0.3 is 10.1 Å². The molecule has 5 nitrogen and oxygen atoms in total. The molecule has 0 saturated heterocycles. The molecule has 152 valence electrons. The number of halogens is 1. The van der Waals surface area contributed by atoms with Gasteiger partial charge in [-0.25, -0.2) is 9.18 Å². The van der Waals surface area contributed by atoms with Crippen LogP contribution in [0.25, 0.3) is 0 Å². The van der Waals surface area contributed by atoms with Crippen LogP contribution in [0.1, 0.15) is 20.7 Å². The molecule has 0 bridgehead atoms. The molecule has 0 aliphatic heterocycles. The van der Waals surface area contributed by atoms with Gasteiger partial charge in [-0.15, -0.1) is 11.8 Å². The smallest absolute Gasteiger partial charge is 0.339 e. The number of ketones is 1. The van der Waals surface area contributed by atoms with Crippen LogP contribution in [0.2, 0.25) is 0 Å². The first-order valence-electron chi connectivity index (χ1n) is 9.05. The Morgan fingerprint density at radius 1 is 0.867 bits per heavy atom. The Morgan fingerprint density at radius 3 is 2.27 bits per heavy atom. The van der Waals surface area contributed by atoms with E-state index in [1.165, 1.54) is 24.3 Å². The standard InChI is InChI=1S/C23H18FNO4S/c24-17-10-12-18(13-11-17)25-22(27)15-30-21-9-5-4-8-19(21)23(28)29-14-20(26)16-6-2-1-3-7-16/h1-13H,14-15H2,(H,25,27). The maximum Gasteiger partial charge on any atom is 0.339 e. The number of anilines is 1. The first-order valence-corrected chi connectivity index (χ1v) is 10.0. The molecule has 0 aliphatic rings. The summed E-state index contributed by atoms with van der Waals surface area (Å²) >= 11 is 1.16. The lowest BCUT2D eigenvalue weighted by Crippen LogP contribution is -2.16. The van der Waals surface area contributed by atoms with Crippen LogP contribution in [0.5, 0.6) is 0 Å². The molecule has 1 amide bonds. The minimum absolute atomic E-state index is 0.0462. The van der Waals surface area contributed by atoms with Crippen LogP contribution in [0.3, 0.4) is 0 Å². The Hall–Kier alpha value is -3.45. The van der Waals surface area contributed by atoms with Crippen LogP contribution in [0.15, 0.2) is 83.8 Å². The number of thioether (sulfide) groups is 1. The fourth-order valence-corrected chi connectivity index (χ4v) is 3.39. The largest absolute Gasteiger partial charge is 0.454 e. The summed E-state index contributed by atoms with van der Waals surface area (Å²) in [4.78, 5) is 37.3. The molecule has 0 aromatic heterocycles. The molecule has 1 N–H and O–H groups in total. The highest BCUT2D eigenvalue weighted by Crippen LogP contribution is 2.24. The SMILES string of the molecule is O=C(CSc1ccccc1C(=O)OCC(=O)c1ccccc1)Nc1ccc(F)cc1. The number of benzene rings is 3. The van der Waals surface area contributed by atoms with Crippen molar-refractivity contribution in [3.63, 3.8) is 0 Å². The first kappa shape index (κ1) is 21.3. The average molecular weight is 423 g/mol. The van der Waals surface area contributed by atoms with Gasteiger partial charge in [0.05, 0.1) is 11.3 Å². The first-order chi connectivity index (χ1) is 14.5. The third kappa shape index (κ3) is 6.02. The van der Waals surface area contributed by atoms with E-state index in [9.17, 15) is 18.8 Å². The summed E-state index contributed by atoms with van der Waals surface area (Å²) in [7, 11) is 0. The van der Waals surface area contributed by atoms with Crippen LogP contribution in [0, 0.1) is 5.82 Å². The molecule has 30 heavy (non-hydrogen) atoms. The number of Topliss-reactive ketones (excluding diaryl/α,β-unsaturated/α-hetero) is 1. The number of nitrogens with one attached hydrogen (secondary N) is 1. The van der Waals surface area contributed by atoms with Gasteiger partial charge in [0, 0.05) is 16.1 Å². The minimum Gasteiger partial charge on any atom is -0.454 e. The van der Waals surface area contributed by atoms with Crippen LogP contribution in [0.4, 0.5) is 10.1 Å². The van der Waals surface area contributed by atoms with Crippen molar-refractivity contribution in [2.24, 2.45) is 0 Å². The predicted molar refractivity (Wildman–Crippen MR) is 113 cm³/mol. The van der Waals surface area contributed by atoms with E-state index in [0.29, 0.717) is 16.1 Å². The number of esters is 1. The number of rotatable bonds is 8. The predicted octanol–water partition coefficient (Wildman–Crippen LogP) is 4.60. The summed E-state index contributed by atoms with van der Waals surface area (Å²) in [6.45, 7) is -0.368. The highest BCUT2D eigenvalue weighted by molar-refractivity contribution is 8.00. The van der Waals surface area contributed by atoms with Gasteiger partial charge in [0.1, 0.15) is 5.82 Å². The van der Waals surface area contributed by atoms with Crippen molar-refractivity contribution in [1.29, 1.82) is 0 Å². The quantitative estimate of drug-likeness (QED) is 0.326. The van der Waals surface area contributed by atoms with E-state index in [2.05, 4.69) is 5.32 Å². The van der Waals surface area contributed by atoms with Gasteiger partial charge in [0.2, 0.25) is 5.91 Å². The zero-order valence-electron chi connectivity index (χ0n) is 15.8. The summed E-state index contributed by atoms with van der Waals surface area (Å²) in [6, 6.07) is 20.7. The third-order valence-corrected chi connectivity index (χ3v) is 5.10. The van der Waals surface area contributed by atoms with Crippen molar-refractivity contribution >= 4 is 35.1 Å². The molecule has 3 aromatic rings. The molecular formula is C23H18FNO4S. The lowest BCUT2D eigenvalue weighted by Gasteiger charge is -2.09. The van der Waals surface area contributed by atoms with Crippen LogP contribution in [-0.2, 0) is 9.53 Å². The fraction of sp³-hybridized carbons (Fsp3) is 0.0870. The molecule has 7 heteroatoms. The molecule has 0 unspecified atom stereocenters. The van der Waals surface area contributed by atoms with E-state index >= 15 is 0 Å². The Kier molecular flexibility index (Phi) is 7.34. The van der Waals surface area contributed by atoms with Gasteiger partial charge >= 0.3 is 5.97 Å². The van der Waals surface area contributed by atoms with Crippen LogP contribution < -0.4 is 5.32 Å². The van der Waals surface area contributed by atoms with Crippen molar-refractivity contribution in [3.8, 4) is 0 Å². The monoisotopic (exact) mass is 423 g/mol. The molecular weight excluding hydrogens is 405 g/mol. The highest BCUT2D eigenvalue weighted by Gasteiger charge is 2.16. The fourth-order valence-electron chi connectivity index (χ4n) is 2.55. The Morgan fingerprint density at radius 2 is 1.53 bits per heavy atom. The summed E-state index contributed by atoms with van der Waals surface area (Å²) in [6.07, 6.45) is 0. The molecule has 0 heterocycles. The zero-order valence-corrected chi connectivity index (χ0v) is 16.7. The van der Waals surface area contributed by atoms with Crippen molar-refractivity contribution in [1.82, 2.24) is 0 Å². The molecule has 0 radical (unpaired) electrons. The topological polar surface area (TPSA) is 72.5 Å². The maximum absolute atomic E-state index is 12.9. The number of amides is 1. The van der Waals surface area contributed by atoms with E-state index < -0.39 is 5.97 Å². The maximum atomic E-state index is 12.9. The van der Waals surface area contributed by atoms with Gasteiger partial charge in [0.25, 0.3) is 0 Å². The molecule has 0 fully saturated rings. The average Bonchev–Trinajstić information content (AvgIpc) is 2.78. The van der Waals surface area contributed by atoms with Gasteiger partial charge in [-0.05, 0) is 36.4 Å². The summed E-state index contributed by atoms with van der Waals surface area (Å²) in [5.74, 6) is -1.58. The zero-order chi connectivity index (χ0) is 21.3. The van der Waals surface area contributed by atoms with Crippen LogP contribution >= 0.6 is 11.8 Å². The van der Waals surface area contributed by atoms with E-state index in [0.717, 1.165) is 11.8 Å². The second kappa shape index (κ2) is 10.4. The van der Waals surface area contributed by atoms with Gasteiger partial charge in [-0.2, -0.15) is 0 Å². The lowest BCUT2D eigenvalue weighted by atomic mass is 10.1. The van der Waals surface area contributed by atoms with E-state index in [1.54, 1.807) is 54.6 Å². The van der Waals surface area contributed by atoms with Crippen LogP contribution in [-0.4, -0.2) is 30.0 Å². The number of carbonyl (C=O) groups is 3. The third-order valence-electron chi connectivity index (χ3n) is 4.02. The summed E-state index contributed by atoms with van der Waals surface area (Å²) < 4.78 is 18.1.